The highest BCUT2D eigenvalue weighted by Gasteiger charge is 2.55. The number of carbonyl (C=O) groups excluding carboxylic acids is 2. The van der Waals surface area contributed by atoms with Gasteiger partial charge in [0.2, 0.25) is 11.8 Å². The zero-order valence-corrected chi connectivity index (χ0v) is 18.6. The third-order valence-electron chi connectivity index (χ3n) is 7.86. The quantitative estimate of drug-likeness (QED) is 0.637. The van der Waals surface area contributed by atoms with Crippen LogP contribution in [-0.4, -0.2) is 34.4 Å². The minimum Gasteiger partial charge on any atom is -0.354 e. The van der Waals surface area contributed by atoms with Crippen LogP contribution in [0.15, 0.2) is 24.3 Å². The van der Waals surface area contributed by atoms with Gasteiger partial charge >= 0.3 is 0 Å². The van der Waals surface area contributed by atoms with E-state index in [4.69, 9.17) is 0 Å². The molecule has 4 aliphatic carbocycles. The van der Waals surface area contributed by atoms with E-state index < -0.39 is 6.04 Å². The summed E-state index contributed by atoms with van der Waals surface area (Å²) in [5.41, 5.74) is 1.72. The first kappa shape index (κ1) is 20.5. The number of nitrogens with one attached hydrogen (secondary N) is 3. The average Bonchev–Trinajstić information content (AvgIpc) is 3.13. The first-order chi connectivity index (χ1) is 14.9. The molecule has 6 nitrogen and oxygen atoms in total. The monoisotopic (exact) mass is 422 g/mol. The number of para-hydroxylation sites is 2. The molecule has 4 bridgehead atoms. The third kappa shape index (κ3) is 3.97. The number of aromatic nitrogens is 2. The van der Waals surface area contributed by atoms with Crippen LogP contribution in [0.4, 0.5) is 0 Å². The molecule has 0 aliphatic heterocycles. The van der Waals surface area contributed by atoms with Gasteiger partial charge in [-0.15, -0.1) is 0 Å². The molecule has 0 saturated heterocycles. The number of rotatable bonds is 7. The van der Waals surface area contributed by atoms with E-state index in [1.807, 2.05) is 38.1 Å². The Morgan fingerprint density at radius 1 is 1.10 bits per heavy atom. The smallest absolute Gasteiger partial charge is 0.242 e. The molecule has 1 aromatic carbocycles. The molecule has 4 aliphatic rings. The number of imidazole rings is 1. The maximum Gasteiger partial charge on any atom is 0.242 e. The van der Waals surface area contributed by atoms with E-state index in [-0.39, 0.29) is 23.1 Å². The number of aromatic amines is 1. The number of carbonyl (C=O) groups is 2. The molecule has 4 saturated carbocycles. The lowest BCUT2D eigenvalue weighted by molar-refractivity contribution is -0.149. The molecule has 6 rings (SSSR count). The summed E-state index contributed by atoms with van der Waals surface area (Å²) in [7, 11) is 0. The maximum atomic E-state index is 13.4. The van der Waals surface area contributed by atoms with Gasteiger partial charge < -0.3 is 15.6 Å². The highest BCUT2D eigenvalue weighted by atomic mass is 16.2. The summed E-state index contributed by atoms with van der Waals surface area (Å²) in [5.74, 6) is 3.08. The van der Waals surface area contributed by atoms with Gasteiger partial charge in [-0.3, -0.25) is 9.59 Å². The van der Waals surface area contributed by atoms with Crippen LogP contribution in [-0.2, 0) is 16.0 Å². The van der Waals surface area contributed by atoms with Crippen LogP contribution in [0.3, 0.4) is 0 Å². The Balaban J connectivity index is 1.19. The maximum absolute atomic E-state index is 13.4. The summed E-state index contributed by atoms with van der Waals surface area (Å²) < 4.78 is 0. The Bertz CT molecular complexity index is 911. The van der Waals surface area contributed by atoms with Gasteiger partial charge in [-0.05, 0) is 74.3 Å². The van der Waals surface area contributed by atoms with Gasteiger partial charge in [-0.1, -0.05) is 26.0 Å². The van der Waals surface area contributed by atoms with Gasteiger partial charge in [0, 0.05) is 18.4 Å². The van der Waals surface area contributed by atoms with Gasteiger partial charge in [0.1, 0.15) is 11.9 Å². The van der Waals surface area contributed by atoms with Gasteiger partial charge in [0.15, 0.2) is 0 Å². The number of amides is 2. The van der Waals surface area contributed by atoms with Crippen molar-refractivity contribution in [3.63, 3.8) is 0 Å². The number of benzene rings is 1. The van der Waals surface area contributed by atoms with E-state index in [9.17, 15) is 9.59 Å². The first-order valence-corrected chi connectivity index (χ1v) is 11.9. The predicted molar refractivity (Wildman–Crippen MR) is 120 cm³/mol. The second-order valence-corrected chi connectivity index (χ2v) is 10.6. The van der Waals surface area contributed by atoms with Crippen molar-refractivity contribution >= 4 is 22.8 Å². The molecule has 1 aromatic heterocycles. The molecule has 0 spiro atoms. The van der Waals surface area contributed by atoms with E-state index >= 15 is 0 Å². The summed E-state index contributed by atoms with van der Waals surface area (Å²) in [6.07, 6.45) is 7.61. The predicted octanol–water partition coefficient (Wildman–Crippen LogP) is 3.58. The van der Waals surface area contributed by atoms with Crippen molar-refractivity contribution in [3.8, 4) is 0 Å². The minimum absolute atomic E-state index is 0.0454. The van der Waals surface area contributed by atoms with Crippen molar-refractivity contribution in [1.82, 2.24) is 20.6 Å². The molecule has 4 fully saturated rings. The normalized spacial score (nSPS) is 30.0. The van der Waals surface area contributed by atoms with Gasteiger partial charge in [0.05, 0.1) is 11.0 Å². The third-order valence-corrected chi connectivity index (χ3v) is 7.86. The molecular weight excluding hydrogens is 388 g/mol. The van der Waals surface area contributed by atoms with Gasteiger partial charge in [-0.2, -0.15) is 0 Å². The lowest BCUT2D eigenvalue weighted by atomic mass is 9.49. The molecule has 1 unspecified atom stereocenters. The molecule has 1 heterocycles. The fourth-order valence-corrected chi connectivity index (χ4v) is 6.76. The fraction of sp³-hybridized carbons (Fsp3) is 0.640. The van der Waals surface area contributed by atoms with Crippen LogP contribution in [0.5, 0.6) is 0 Å². The Morgan fingerprint density at radius 2 is 1.74 bits per heavy atom. The summed E-state index contributed by atoms with van der Waals surface area (Å²) in [4.78, 5) is 34.2. The van der Waals surface area contributed by atoms with Crippen LogP contribution in [0.2, 0.25) is 0 Å². The summed E-state index contributed by atoms with van der Waals surface area (Å²) in [6.45, 7) is 4.50. The second-order valence-electron chi connectivity index (χ2n) is 10.6. The second kappa shape index (κ2) is 7.95. The Labute approximate surface area is 184 Å². The van der Waals surface area contributed by atoms with Crippen molar-refractivity contribution in [1.29, 1.82) is 0 Å². The van der Waals surface area contributed by atoms with E-state index in [0.717, 1.165) is 36.1 Å². The van der Waals surface area contributed by atoms with E-state index in [2.05, 4.69) is 20.6 Å². The molecule has 31 heavy (non-hydrogen) atoms. The lowest BCUT2D eigenvalue weighted by Crippen LogP contribution is -2.58. The number of H-pyrrole nitrogens is 1. The molecule has 3 N–H and O–H groups in total. The number of hydrogen-bond acceptors (Lipinski definition) is 3. The average molecular weight is 423 g/mol. The SMILES string of the molecule is CC(C)C(NC(=O)C12CC3CC(CC(C3)C1)C2)C(=O)NCCc1nc2ccccc2[nH]1. The Kier molecular flexibility index (Phi) is 5.27. The minimum atomic E-state index is -0.490. The molecule has 1 atom stereocenters. The molecule has 0 radical (unpaired) electrons. The van der Waals surface area contributed by atoms with E-state index in [1.165, 1.54) is 19.3 Å². The largest absolute Gasteiger partial charge is 0.354 e. The summed E-state index contributed by atoms with van der Waals surface area (Å²) in [6, 6.07) is 7.43. The van der Waals surface area contributed by atoms with Crippen molar-refractivity contribution in [2.75, 3.05) is 6.54 Å². The van der Waals surface area contributed by atoms with Crippen LogP contribution < -0.4 is 10.6 Å². The number of hydrogen-bond donors (Lipinski definition) is 3. The molecule has 2 aromatic rings. The molecule has 6 heteroatoms. The van der Waals surface area contributed by atoms with Crippen LogP contribution >= 0.6 is 0 Å². The lowest BCUT2D eigenvalue weighted by Gasteiger charge is -2.55. The topological polar surface area (TPSA) is 86.9 Å². The van der Waals surface area contributed by atoms with Gasteiger partial charge in [0.25, 0.3) is 0 Å². The summed E-state index contributed by atoms with van der Waals surface area (Å²) in [5, 5.41) is 6.19. The first-order valence-electron chi connectivity index (χ1n) is 11.9. The Hall–Kier alpha value is -2.37. The van der Waals surface area contributed by atoms with E-state index in [0.29, 0.717) is 30.7 Å². The van der Waals surface area contributed by atoms with Crippen LogP contribution in [0.25, 0.3) is 11.0 Å². The zero-order chi connectivity index (χ0) is 21.6. The highest BCUT2D eigenvalue weighted by molar-refractivity contribution is 5.90. The van der Waals surface area contributed by atoms with Crippen molar-refractivity contribution in [2.24, 2.45) is 29.1 Å². The van der Waals surface area contributed by atoms with Crippen LogP contribution in [0.1, 0.15) is 58.2 Å². The van der Waals surface area contributed by atoms with Gasteiger partial charge in [-0.25, -0.2) is 4.98 Å². The molecular formula is C25H34N4O2. The van der Waals surface area contributed by atoms with Crippen molar-refractivity contribution in [2.45, 2.75) is 64.8 Å². The standard InChI is InChI=1S/C25H34N4O2/c1-15(2)22(23(30)26-8-7-21-27-19-5-3-4-6-20(19)28-21)29-24(31)25-12-16-9-17(13-25)11-18(10-16)14-25/h3-6,15-18,22H,7-14H2,1-2H3,(H,26,30)(H,27,28)(H,29,31). The number of fused-ring (bicyclic) bond motifs is 1. The molecule has 2 amide bonds. The molecule has 166 valence electrons. The van der Waals surface area contributed by atoms with Crippen LogP contribution in [0, 0.1) is 29.1 Å². The fourth-order valence-electron chi connectivity index (χ4n) is 6.76. The van der Waals surface area contributed by atoms with Crippen molar-refractivity contribution in [3.05, 3.63) is 30.1 Å². The van der Waals surface area contributed by atoms with Crippen molar-refractivity contribution < 1.29 is 9.59 Å². The highest BCUT2D eigenvalue weighted by Crippen LogP contribution is 2.60. The summed E-state index contributed by atoms with van der Waals surface area (Å²) >= 11 is 0. The zero-order valence-electron chi connectivity index (χ0n) is 18.6. The Morgan fingerprint density at radius 3 is 2.35 bits per heavy atom. The van der Waals surface area contributed by atoms with E-state index in [1.54, 1.807) is 0 Å². The number of nitrogens with zero attached hydrogens (tertiary/aromatic N) is 1.